The van der Waals surface area contributed by atoms with Crippen molar-refractivity contribution < 1.29 is 9.32 Å². The Morgan fingerprint density at radius 1 is 1.08 bits per heavy atom. The number of hydrogen-bond acceptors (Lipinski definition) is 5. The van der Waals surface area contributed by atoms with E-state index in [0.717, 1.165) is 24.1 Å². The zero-order valence-corrected chi connectivity index (χ0v) is 14.6. The van der Waals surface area contributed by atoms with Crippen molar-refractivity contribution in [3.63, 3.8) is 0 Å². The van der Waals surface area contributed by atoms with Gasteiger partial charge in [-0.2, -0.15) is 0 Å². The van der Waals surface area contributed by atoms with Crippen LogP contribution in [0.2, 0.25) is 0 Å². The van der Waals surface area contributed by atoms with Gasteiger partial charge in [-0.05, 0) is 25.7 Å². The van der Waals surface area contributed by atoms with E-state index in [1.54, 1.807) is 17.4 Å². The predicted octanol–water partition coefficient (Wildman–Crippen LogP) is 4.71. The van der Waals surface area contributed by atoms with Gasteiger partial charge in [-0.15, -0.1) is 11.3 Å². The molecule has 1 amide bonds. The molecule has 2 heterocycles. The molecule has 0 aliphatic heterocycles. The number of benzene rings is 1. The summed E-state index contributed by atoms with van der Waals surface area (Å²) in [6.45, 7) is 0. The Balaban J connectivity index is 1.49. The van der Waals surface area contributed by atoms with Gasteiger partial charge in [-0.25, -0.2) is 4.98 Å². The molecule has 0 bridgehead atoms. The van der Waals surface area contributed by atoms with E-state index >= 15 is 0 Å². The second-order valence-electron chi connectivity index (χ2n) is 6.20. The van der Waals surface area contributed by atoms with Crippen LogP contribution in [0.4, 0.5) is 5.13 Å². The SMILES string of the molecule is O=C(Nc1nc2c(s1)CCCCCC2)c1cc(-c2ccccc2)on1. The minimum atomic E-state index is -0.285. The lowest BCUT2D eigenvalue weighted by Gasteiger charge is -2.06. The van der Waals surface area contributed by atoms with Crippen molar-refractivity contribution in [3.8, 4) is 11.3 Å². The number of rotatable bonds is 3. The Hall–Kier alpha value is -2.47. The molecule has 0 spiro atoms. The van der Waals surface area contributed by atoms with Gasteiger partial charge in [-0.1, -0.05) is 48.3 Å². The number of anilines is 1. The largest absolute Gasteiger partial charge is 0.355 e. The molecule has 0 saturated heterocycles. The molecule has 128 valence electrons. The molecule has 6 heteroatoms. The van der Waals surface area contributed by atoms with Crippen LogP contribution < -0.4 is 5.32 Å². The summed E-state index contributed by atoms with van der Waals surface area (Å²) < 4.78 is 5.30. The van der Waals surface area contributed by atoms with Gasteiger partial charge in [0, 0.05) is 16.5 Å². The molecule has 3 aromatic rings. The van der Waals surface area contributed by atoms with Gasteiger partial charge in [-0.3, -0.25) is 10.1 Å². The number of fused-ring (bicyclic) bond motifs is 1. The van der Waals surface area contributed by atoms with Gasteiger partial charge in [0.25, 0.3) is 5.91 Å². The summed E-state index contributed by atoms with van der Waals surface area (Å²) in [5, 5.41) is 7.41. The molecule has 0 unspecified atom stereocenters. The highest BCUT2D eigenvalue weighted by Gasteiger charge is 2.18. The monoisotopic (exact) mass is 353 g/mol. The van der Waals surface area contributed by atoms with E-state index in [0.29, 0.717) is 10.9 Å². The summed E-state index contributed by atoms with van der Waals surface area (Å²) in [5.74, 6) is 0.296. The van der Waals surface area contributed by atoms with Gasteiger partial charge < -0.3 is 4.52 Å². The number of carbonyl (C=O) groups excluding carboxylic acids is 1. The first-order chi connectivity index (χ1) is 12.3. The van der Waals surface area contributed by atoms with Gasteiger partial charge >= 0.3 is 0 Å². The molecule has 1 aliphatic rings. The number of aromatic nitrogens is 2. The molecular weight excluding hydrogens is 334 g/mol. The van der Waals surface area contributed by atoms with Crippen LogP contribution in [-0.2, 0) is 12.8 Å². The molecule has 2 aromatic heterocycles. The average molecular weight is 353 g/mol. The number of nitrogens with zero attached hydrogens (tertiary/aromatic N) is 2. The van der Waals surface area contributed by atoms with Crippen molar-refractivity contribution in [1.82, 2.24) is 10.1 Å². The van der Waals surface area contributed by atoms with Crippen LogP contribution in [0.25, 0.3) is 11.3 Å². The Morgan fingerprint density at radius 2 is 1.88 bits per heavy atom. The fraction of sp³-hybridized carbons (Fsp3) is 0.316. The quantitative estimate of drug-likeness (QED) is 0.740. The van der Waals surface area contributed by atoms with E-state index in [4.69, 9.17) is 4.52 Å². The van der Waals surface area contributed by atoms with Gasteiger partial charge in [0.1, 0.15) is 0 Å². The Bertz CT molecular complexity index is 844. The van der Waals surface area contributed by atoms with Crippen LogP contribution in [0.1, 0.15) is 46.7 Å². The lowest BCUT2D eigenvalue weighted by Crippen LogP contribution is -2.12. The molecule has 25 heavy (non-hydrogen) atoms. The van der Waals surface area contributed by atoms with Crippen LogP contribution in [0.15, 0.2) is 40.9 Å². The number of carbonyl (C=O) groups is 1. The molecule has 5 nitrogen and oxygen atoms in total. The van der Waals surface area contributed by atoms with Crippen LogP contribution in [0.3, 0.4) is 0 Å². The molecule has 0 saturated carbocycles. The highest BCUT2D eigenvalue weighted by atomic mass is 32.1. The van der Waals surface area contributed by atoms with Crippen LogP contribution in [0, 0.1) is 0 Å². The van der Waals surface area contributed by atoms with Gasteiger partial charge in [0.15, 0.2) is 16.6 Å². The lowest BCUT2D eigenvalue weighted by atomic mass is 10.0. The average Bonchev–Trinajstić information content (AvgIpc) is 3.23. The third-order valence-electron chi connectivity index (χ3n) is 4.37. The molecule has 1 aromatic carbocycles. The number of nitrogens with one attached hydrogen (secondary N) is 1. The van der Waals surface area contributed by atoms with E-state index < -0.39 is 0 Å². The van der Waals surface area contributed by atoms with Crippen molar-refractivity contribution in [2.24, 2.45) is 0 Å². The Morgan fingerprint density at radius 3 is 2.72 bits per heavy atom. The summed E-state index contributed by atoms with van der Waals surface area (Å²) in [5.41, 5.74) is 2.30. The third-order valence-corrected chi connectivity index (χ3v) is 5.44. The Kier molecular flexibility index (Phi) is 4.61. The van der Waals surface area contributed by atoms with E-state index in [-0.39, 0.29) is 11.6 Å². The predicted molar refractivity (Wildman–Crippen MR) is 97.9 cm³/mol. The summed E-state index contributed by atoms with van der Waals surface area (Å²) >= 11 is 1.58. The van der Waals surface area contributed by atoms with Crippen LogP contribution in [0.5, 0.6) is 0 Å². The van der Waals surface area contributed by atoms with Gasteiger partial charge in [0.2, 0.25) is 0 Å². The summed E-state index contributed by atoms with van der Waals surface area (Å²) in [6.07, 6.45) is 6.98. The maximum atomic E-state index is 12.4. The summed E-state index contributed by atoms with van der Waals surface area (Å²) in [6, 6.07) is 11.3. The third kappa shape index (κ3) is 3.64. The first kappa shape index (κ1) is 16.0. The fourth-order valence-corrected chi connectivity index (χ4v) is 4.09. The summed E-state index contributed by atoms with van der Waals surface area (Å²) in [7, 11) is 0. The van der Waals surface area contributed by atoms with Crippen molar-refractivity contribution in [3.05, 3.63) is 52.7 Å². The highest BCUT2D eigenvalue weighted by Crippen LogP contribution is 2.29. The minimum Gasteiger partial charge on any atom is -0.355 e. The highest BCUT2D eigenvalue weighted by molar-refractivity contribution is 7.15. The van der Waals surface area contributed by atoms with Crippen LogP contribution >= 0.6 is 11.3 Å². The maximum Gasteiger partial charge on any atom is 0.279 e. The standard InChI is InChI=1S/C19H19N3O2S/c23-18(15-12-16(24-22-15)13-8-4-3-5-9-13)21-19-20-14-10-6-1-2-7-11-17(14)25-19/h3-5,8-9,12H,1-2,6-7,10-11H2,(H,20,21,23). The molecule has 0 radical (unpaired) electrons. The molecule has 0 fully saturated rings. The van der Waals surface area contributed by atoms with E-state index in [2.05, 4.69) is 15.5 Å². The second kappa shape index (κ2) is 7.19. The minimum absolute atomic E-state index is 0.265. The smallest absolute Gasteiger partial charge is 0.279 e. The van der Waals surface area contributed by atoms with E-state index in [1.165, 1.54) is 30.6 Å². The van der Waals surface area contributed by atoms with Crippen molar-refractivity contribution in [2.45, 2.75) is 38.5 Å². The van der Waals surface area contributed by atoms with E-state index in [9.17, 15) is 4.79 Å². The van der Waals surface area contributed by atoms with Crippen molar-refractivity contribution in [2.75, 3.05) is 5.32 Å². The number of amides is 1. The maximum absolute atomic E-state index is 12.4. The van der Waals surface area contributed by atoms with Crippen LogP contribution in [-0.4, -0.2) is 16.0 Å². The Labute approximate surface area is 150 Å². The zero-order valence-electron chi connectivity index (χ0n) is 13.8. The summed E-state index contributed by atoms with van der Waals surface area (Å²) in [4.78, 5) is 18.4. The molecule has 4 rings (SSSR count). The van der Waals surface area contributed by atoms with Crippen molar-refractivity contribution in [1.29, 1.82) is 0 Å². The van der Waals surface area contributed by atoms with Crippen molar-refractivity contribution >= 4 is 22.4 Å². The normalized spacial score (nSPS) is 14.4. The molecule has 0 atom stereocenters. The first-order valence-corrected chi connectivity index (χ1v) is 9.43. The molecule has 1 N–H and O–H groups in total. The number of hydrogen-bond donors (Lipinski definition) is 1. The van der Waals surface area contributed by atoms with Gasteiger partial charge in [0.05, 0.1) is 5.69 Å². The molecule has 1 aliphatic carbocycles. The topological polar surface area (TPSA) is 68.0 Å². The lowest BCUT2D eigenvalue weighted by molar-refractivity contribution is 0.101. The van der Waals surface area contributed by atoms with E-state index in [1.807, 2.05) is 30.3 Å². The number of thiazole rings is 1. The zero-order chi connectivity index (χ0) is 17.1. The molecular formula is C19H19N3O2S. The number of aryl methyl sites for hydroxylation is 2. The first-order valence-electron chi connectivity index (χ1n) is 8.62. The second-order valence-corrected chi connectivity index (χ2v) is 7.28. The fourth-order valence-electron chi connectivity index (χ4n) is 3.04.